The van der Waals surface area contributed by atoms with Gasteiger partial charge in [0.05, 0.1) is 5.92 Å². The van der Waals surface area contributed by atoms with Crippen molar-refractivity contribution in [3.05, 3.63) is 35.9 Å². The van der Waals surface area contributed by atoms with Crippen LogP contribution in [0.5, 0.6) is 0 Å². The number of fused-ring (bicyclic) bond motifs is 1. The summed E-state index contributed by atoms with van der Waals surface area (Å²) in [6, 6.07) is 10.6. The number of carbonyl (C=O) groups excluding carboxylic acids is 1. The highest BCUT2D eigenvalue weighted by Gasteiger charge is 2.45. The number of rotatable bonds is 5. The number of benzene rings is 1. The molecule has 0 aliphatic carbocycles. The van der Waals surface area contributed by atoms with Gasteiger partial charge in [0.1, 0.15) is 0 Å². The minimum absolute atomic E-state index is 0.247. The van der Waals surface area contributed by atoms with Gasteiger partial charge >= 0.3 is 0 Å². The SMILES string of the molecule is O=C1[C@@H]2CN(Cc3ccccc3)C[C@@H]2CN1CCN1CCCC1. The number of likely N-dealkylation sites (tertiary alicyclic amines) is 3. The maximum atomic E-state index is 12.7. The fourth-order valence-corrected chi connectivity index (χ4v) is 4.47. The molecule has 0 N–H and O–H groups in total. The molecule has 23 heavy (non-hydrogen) atoms. The summed E-state index contributed by atoms with van der Waals surface area (Å²) in [5, 5.41) is 0. The van der Waals surface area contributed by atoms with Gasteiger partial charge in [0.15, 0.2) is 0 Å². The third-order valence-corrected chi connectivity index (χ3v) is 5.73. The molecule has 1 aromatic rings. The fourth-order valence-electron chi connectivity index (χ4n) is 4.47. The molecule has 0 spiro atoms. The topological polar surface area (TPSA) is 26.8 Å². The predicted molar refractivity (Wildman–Crippen MR) is 91.0 cm³/mol. The van der Waals surface area contributed by atoms with E-state index in [0.29, 0.717) is 11.8 Å². The number of carbonyl (C=O) groups is 1. The van der Waals surface area contributed by atoms with Crippen molar-refractivity contribution in [2.45, 2.75) is 19.4 Å². The highest BCUT2D eigenvalue weighted by Crippen LogP contribution is 2.32. The third-order valence-electron chi connectivity index (χ3n) is 5.73. The first-order valence-electron chi connectivity index (χ1n) is 9.07. The van der Waals surface area contributed by atoms with Crippen molar-refractivity contribution < 1.29 is 4.79 Å². The van der Waals surface area contributed by atoms with Crippen LogP contribution in [-0.4, -0.2) is 66.4 Å². The molecule has 1 amide bonds. The van der Waals surface area contributed by atoms with E-state index in [1.165, 1.54) is 31.5 Å². The first-order valence-corrected chi connectivity index (χ1v) is 9.07. The van der Waals surface area contributed by atoms with Crippen molar-refractivity contribution >= 4 is 5.91 Å². The van der Waals surface area contributed by atoms with E-state index in [9.17, 15) is 4.79 Å². The normalized spacial score (nSPS) is 28.7. The molecule has 4 nitrogen and oxygen atoms in total. The highest BCUT2D eigenvalue weighted by atomic mass is 16.2. The van der Waals surface area contributed by atoms with E-state index >= 15 is 0 Å². The van der Waals surface area contributed by atoms with Crippen LogP contribution in [0.1, 0.15) is 18.4 Å². The Morgan fingerprint density at radius 3 is 2.43 bits per heavy atom. The summed E-state index contributed by atoms with van der Waals surface area (Å²) < 4.78 is 0. The van der Waals surface area contributed by atoms with E-state index in [2.05, 4.69) is 45.0 Å². The molecule has 3 aliphatic heterocycles. The van der Waals surface area contributed by atoms with Crippen molar-refractivity contribution in [2.24, 2.45) is 11.8 Å². The third kappa shape index (κ3) is 3.29. The Kier molecular flexibility index (Phi) is 4.36. The molecule has 1 aromatic carbocycles. The van der Waals surface area contributed by atoms with Gasteiger partial charge in [-0.05, 0) is 31.5 Å². The maximum Gasteiger partial charge on any atom is 0.227 e. The highest BCUT2D eigenvalue weighted by molar-refractivity contribution is 5.82. The van der Waals surface area contributed by atoms with Crippen LogP contribution in [0.15, 0.2) is 30.3 Å². The van der Waals surface area contributed by atoms with Crippen molar-refractivity contribution in [3.63, 3.8) is 0 Å². The molecular formula is C19H27N3O. The molecule has 0 saturated carbocycles. The molecule has 0 bridgehead atoms. The Labute approximate surface area is 139 Å². The lowest BCUT2D eigenvalue weighted by Crippen LogP contribution is -2.37. The molecule has 4 heteroatoms. The zero-order valence-electron chi connectivity index (χ0n) is 13.9. The lowest BCUT2D eigenvalue weighted by molar-refractivity contribution is -0.131. The monoisotopic (exact) mass is 313 g/mol. The van der Waals surface area contributed by atoms with E-state index in [0.717, 1.165) is 39.3 Å². The van der Waals surface area contributed by atoms with Crippen LogP contribution in [0.25, 0.3) is 0 Å². The lowest BCUT2D eigenvalue weighted by atomic mass is 10.0. The summed E-state index contributed by atoms with van der Waals surface area (Å²) in [5.41, 5.74) is 1.35. The van der Waals surface area contributed by atoms with Crippen LogP contribution in [-0.2, 0) is 11.3 Å². The zero-order chi connectivity index (χ0) is 15.6. The Bertz CT molecular complexity index is 541. The predicted octanol–water partition coefficient (Wildman–Crippen LogP) is 1.67. The first-order chi connectivity index (χ1) is 11.3. The second-order valence-corrected chi connectivity index (χ2v) is 7.38. The van der Waals surface area contributed by atoms with Gasteiger partial charge in [-0.3, -0.25) is 9.69 Å². The second kappa shape index (κ2) is 6.62. The van der Waals surface area contributed by atoms with Gasteiger partial charge in [-0.2, -0.15) is 0 Å². The van der Waals surface area contributed by atoms with Crippen LogP contribution in [0.3, 0.4) is 0 Å². The molecule has 0 radical (unpaired) electrons. The average molecular weight is 313 g/mol. The van der Waals surface area contributed by atoms with Crippen LogP contribution >= 0.6 is 0 Å². The van der Waals surface area contributed by atoms with Gasteiger partial charge in [-0.15, -0.1) is 0 Å². The Hall–Kier alpha value is -1.39. The van der Waals surface area contributed by atoms with E-state index < -0.39 is 0 Å². The molecular weight excluding hydrogens is 286 g/mol. The molecule has 3 aliphatic rings. The fraction of sp³-hybridized carbons (Fsp3) is 0.632. The zero-order valence-corrected chi connectivity index (χ0v) is 13.9. The molecule has 3 fully saturated rings. The van der Waals surface area contributed by atoms with Crippen molar-refractivity contribution in [1.29, 1.82) is 0 Å². The van der Waals surface area contributed by atoms with E-state index in [-0.39, 0.29) is 5.92 Å². The summed E-state index contributed by atoms with van der Waals surface area (Å²) in [6.45, 7) is 8.42. The van der Waals surface area contributed by atoms with E-state index in [4.69, 9.17) is 0 Å². The number of hydrogen-bond acceptors (Lipinski definition) is 3. The smallest absolute Gasteiger partial charge is 0.227 e. The second-order valence-electron chi connectivity index (χ2n) is 7.38. The summed E-state index contributed by atoms with van der Waals surface area (Å²) in [7, 11) is 0. The Morgan fingerprint density at radius 1 is 0.913 bits per heavy atom. The largest absolute Gasteiger partial charge is 0.341 e. The summed E-state index contributed by atoms with van der Waals surface area (Å²) >= 11 is 0. The summed E-state index contributed by atoms with van der Waals surface area (Å²) in [6.07, 6.45) is 2.65. The number of nitrogens with zero attached hydrogens (tertiary/aromatic N) is 3. The van der Waals surface area contributed by atoms with Gasteiger partial charge in [-0.25, -0.2) is 0 Å². The average Bonchev–Trinajstić information content (AvgIpc) is 3.26. The molecule has 0 aromatic heterocycles. The first kappa shape index (κ1) is 15.2. The summed E-state index contributed by atoms with van der Waals surface area (Å²) in [4.78, 5) is 19.8. The maximum absolute atomic E-state index is 12.7. The Morgan fingerprint density at radius 2 is 1.70 bits per heavy atom. The standard InChI is InChI=1S/C19H27N3O/c23-19-18-15-21(12-16-6-2-1-3-7-16)13-17(18)14-22(19)11-10-20-8-4-5-9-20/h1-3,6-7,17-18H,4-5,8-15H2/t17-,18-/m1/s1. The molecule has 124 valence electrons. The number of hydrogen-bond donors (Lipinski definition) is 0. The number of amides is 1. The van der Waals surface area contributed by atoms with Crippen LogP contribution < -0.4 is 0 Å². The molecule has 0 unspecified atom stereocenters. The van der Waals surface area contributed by atoms with Crippen LogP contribution in [0, 0.1) is 11.8 Å². The van der Waals surface area contributed by atoms with E-state index in [1.54, 1.807) is 0 Å². The van der Waals surface area contributed by atoms with E-state index in [1.807, 2.05) is 0 Å². The van der Waals surface area contributed by atoms with Gasteiger partial charge in [0, 0.05) is 45.2 Å². The van der Waals surface area contributed by atoms with Crippen LogP contribution in [0.2, 0.25) is 0 Å². The Balaban J connectivity index is 1.28. The molecule has 3 saturated heterocycles. The van der Waals surface area contributed by atoms with Gasteiger partial charge in [-0.1, -0.05) is 30.3 Å². The molecule has 2 atom stereocenters. The molecule has 3 heterocycles. The van der Waals surface area contributed by atoms with Gasteiger partial charge in [0.25, 0.3) is 0 Å². The minimum Gasteiger partial charge on any atom is -0.341 e. The molecule has 4 rings (SSSR count). The van der Waals surface area contributed by atoms with Gasteiger partial charge < -0.3 is 9.80 Å². The quantitative estimate of drug-likeness (QED) is 0.827. The van der Waals surface area contributed by atoms with Crippen molar-refractivity contribution in [2.75, 3.05) is 45.8 Å². The summed E-state index contributed by atoms with van der Waals surface area (Å²) in [5.74, 6) is 1.20. The van der Waals surface area contributed by atoms with Crippen LogP contribution in [0.4, 0.5) is 0 Å². The van der Waals surface area contributed by atoms with Crippen molar-refractivity contribution in [3.8, 4) is 0 Å². The van der Waals surface area contributed by atoms with Gasteiger partial charge in [0.2, 0.25) is 5.91 Å². The minimum atomic E-state index is 0.247. The lowest BCUT2D eigenvalue weighted by Gasteiger charge is -2.24. The van der Waals surface area contributed by atoms with Crippen molar-refractivity contribution in [1.82, 2.24) is 14.7 Å².